The fourth-order valence-corrected chi connectivity index (χ4v) is 3.98. The number of fused-ring (bicyclic) bond motifs is 1. The van der Waals surface area contributed by atoms with Crippen molar-refractivity contribution in [3.63, 3.8) is 0 Å². The maximum absolute atomic E-state index is 12.6. The number of hydrogen-bond donors (Lipinski definition) is 1. The number of hydrogen-bond acceptors (Lipinski definition) is 4. The number of aryl methyl sites for hydroxylation is 1. The van der Waals surface area contributed by atoms with Crippen LogP contribution >= 0.6 is 0 Å². The molecule has 0 unspecified atom stereocenters. The van der Waals surface area contributed by atoms with Gasteiger partial charge in [0, 0.05) is 45.2 Å². The van der Waals surface area contributed by atoms with E-state index < -0.39 is 0 Å². The van der Waals surface area contributed by atoms with Crippen molar-refractivity contribution in [1.29, 1.82) is 0 Å². The van der Waals surface area contributed by atoms with Gasteiger partial charge < -0.3 is 9.55 Å². The van der Waals surface area contributed by atoms with Crippen LogP contribution in [0.15, 0.2) is 17.3 Å². The topological polar surface area (TPSA) is 66.8 Å². The molecule has 1 aliphatic heterocycles. The maximum atomic E-state index is 12.6. The summed E-state index contributed by atoms with van der Waals surface area (Å²) in [6, 6.07) is 0. The summed E-state index contributed by atoms with van der Waals surface area (Å²) in [5, 5.41) is 0. The summed E-state index contributed by atoms with van der Waals surface area (Å²) in [5.74, 6) is 1.37. The second-order valence-corrected chi connectivity index (χ2v) is 7.20. The summed E-state index contributed by atoms with van der Waals surface area (Å²) in [6.45, 7) is 2.38. The van der Waals surface area contributed by atoms with Gasteiger partial charge in [0.15, 0.2) is 0 Å². The Morgan fingerprint density at radius 2 is 2.12 bits per heavy atom. The van der Waals surface area contributed by atoms with Gasteiger partial charge in [0.1, 0.15) is 5.82 Å². The molecule has 0 aromatic carbocycles. The van der Waals surface area contributed by atoms with Crippen LogP contribution in [0.3, 0.4) is 0 Å². The van der Waals surface area contributed by atoms with Gasteiger partial charge in [-0.3, -0.25) is 9.69 Å². The molecule has 0 bridgehead atoms. The number of rotatable bonds is 3. The molecule has 3 heterocycles. The van der Waals surface area contributed by atoms with Gasteiger partial charge >= 0.3 is 0 Å². The Kier molecular flexibility index (Phi) is 4.22. The molecule has 2 aromatic heterocycles. The Labute approximate surface area is 141 Å². The van der Waals surface area contributed by atoms with Crippen molar-refractivity contribution in [3.8, 4) is 0 Å². The van der Waals surface area contributed by atoms with Crippen molar-refractivity contribution in [1.82, 2.24) is 24.4 Å². The molecule has 1 N–H and O–H groups in total. The van der Waals surface area contributed by atoms with Crippen LogP contribution in [0.5, 0.6) is 0 Å². The molecular weight excluding hydrogens is 302 g/mol. The van der Waals surface area contributed by atoms with Gasteiger partial charge in [0.2, 0.25) is 0 Å². The van der Waals surface area contributed by atoms with Crippen LogP contribution in [0.1, 0.15) is 60.8 Å². The van der Waals surface area contributed by atoms with Gasteiger partial charge in [0.05, 0.1) is 23.3 Å². The number of nitrogens with zero attached hydrogens (tertiary/aromatic N) is 4. The van der Waals surface area contributed by atoms with E-state index in [1.807, 2.05) is 24.1 Å². The number of imidazole rings is 1. The molecule has 2 aliphatic rings. The Morgan fingerprint density at radius 3 is 2.88 bits per heavy atom. The Bertz CT molecular complexity index is 772. The molecule has 0 spiro atoms. The molecule has 1 aliphatic carbocycles. The van der Waals surface area contributed by atoms with Crippen molar-refractivity contribution in [2.75, 3.05) is 6.54 Å². The maximum Gasteiger partial charge on any atom is 0.255 e. The number of nitrogens with one attached hydrogen (secondary N) is 1. The zero-order valence-corrected chi connectivity index (χ0v) is 14.3. The molecule has 24 heavy (non-hydrogen) atoms. The minimum atomic E-state index is 0.0614. The van der Waals surface area contributed by atoms with Crippen LogP contribution in [0.25, 0.3) is 0 Å². The predicted molar refractivity (Wildman–Crippen MR) is 91.7 cm³/mol. The van der Waals surface area contributed by atoms with Gasteiger partial charge in [-0.25, -0.2) is 9.97 Å². The predicted octanol–water partition coefficient (Wildman–Crippen LogP) is 2.11. The first kappa shape index (κ1) is 15.6. The minimum Gasteiger partial charge on any atom is -0.340 e. The second kappa shape index (κ2) is 6.51. The summed E-state index contributed by atoms with van der Waals surface area (Å²) < 4.78 is 1.96. The smallest absolute Gasteiger partial charge is 0.255 e. The third kappa shape index (κ3) is 3.15. The van der Waals surface area contributed by atoms with Crippen LogP contribution in [-0.2, 0) is 26.6 Å². The van der Waals surface area contributed by atoms with Gasteiger partial charge in [-0.1, -0.05) is 19.3 Å². The summed E-state index contributed by atoms with van der Waals surface area (Å²) in [6.07, 6.45) is 10.8. The first-order valence-corrected chi connectivity index (χ1v) is 9.00. The molecule has 0 amide bonds. The summed E-state index contributed by atoms with van der Waals surface area (Å²) >= 11 is 0. The van der Waals surface area contributed by atoms with E-state index >= 15 is 0 Å². The first-order valence-electron chi connectivity index (χ1n) is 9.00. The average Bonchev–Trinajstić information content (AvgIpc) is 3.01. The van der Waals surface area contributed by atoms with Crippen LogP contribution in [0.2, 0.25) is 0 Å². The molecule has 0 radical (unpaired) electrons. The minimum absolute atomic E-state index is 0.0614. The Hall–Kier alpha value is -1.95. The third-order valence-electron chi connectivity index (χ3n) is 5.30. The van der Waals surface area contributed by atoms with Crippen LogP contribution in [0, 0.1) is 0 Å². The molecule has 4 rings (SSSR count). The lowest BCUT2D eigenvalue weighted by molar-refractivity contribution is 0.238. The van der Waals surface area contributed by atoms with E-state index in [9.17, 15) is 4.79 Å². The highest BCUT2D eigenvalue weighted by molar-refractivity contribution is 5.22. The number of H-pyrrole nitrogens is 1. The summed E-state index contributed by atoms with van der Waals surface area (Å²) in [5.41, 5.74) is 2.96. The van der Waals surface area contributed by atoms with E-state index in [0.29, 0.717) is 12.5 Å². The van der Waals surface area contributed by atoms with Crippen LogP contribution < -0.4 is 5.56 Å². The van der Waals surface area contributed by atoms with E-state index in [4.69, 9.17) is 4.98 Å². The van der Waals surface area contributed by atoms with E-state index in [1.165, 1.54) is 19.3 Å². The molecular formula is C18H25N5O. The van der Waals surface area contributed by atoms with Crippen LogP contribution in [0.4, 0.5) is 0 Å². The fourth-order valence-electron chi connectivity index (χ4n) is 3.98. The lowest BCUT2D eigenvalue weighted by Gasteiger charge is -2.28. The highest BCUT2D eigenvalue weighted by Crippen LogP contribution is 2.30. The SMILES string of the molecule is Cn1cnc(CN2CCc3nc(C4CCCCC4)[nH]c(=O)c3C2)c1. The molecule has 2 aromatic rings. The normalized spacial score (nSPS) is 19.4. The van der Waals surface area contributed by atoms with E-state index in [0.717, 1.165) is 55.1 Å². The van der Waals surface area contributed by atoms with Crippen molar-refractivity contribution in [2.24, 2.45) is 7.05 Å². The van der Waals surface area contributed by atoms with Gasteiger partial charge in [-0.15, -0.1) is 0 Å². The highest BCUT2D eigenvalue weighted by atomic mass is 16.1. The quantitative estimate of drug-likeness (QED) is 0.937. The van der Waals surface area contributed by atoms with E-state index in [2.05, 4.69) is 14.9 Å². The van der Waals surface area contributed by atoms with E-state index in [1.54, 1.807) is 0 Å². The second-order valence-electron chi connectivity index (χ2n) is 7.20. The lowest BCUT2D eigenvalue weighted by atomic mass is 9.88. The summed E-state index contributed by atoms with van der Waals surface area (Å²) in [7, 11) is 1.98. The van der Waals surface area contributed by atoms with Gasteiger partial charge in [0.25, 0.3) is 5.56 Å². The molecule has 6 nitrogen and oxygen atoms in total. The van der Waals surface area contributed by atoms with Crippen molar-refractivity contribution in [3.05, 3.63) is 45.7 Å². The highest BCUT2D eigenvalue weighted by Gasteiger charge is 2.24. The van der Waals surface area contributed by atoms with Crippen molar-refractivity contribution >= 4 is 0 Å². The van der Waals surface area contributed by atoms with Gasteiger partial charge in [-0.05, 0) is 12.8 Å². The molecule has 0 atom stereocenters. The van der Waals surface area contributed by atoms with Crippen molar-refractivity contribution in [2.45, 2.75) is 57.5 Å². The zero-order chi connectivity index (χ0) is 16.5. The van der Waals surface area contributed by atoms with E-state index in [-0.39, 0.29) is 5.56 Å². The fraction of sp³-hybridized carbons (Fsp3) is 0.611. The molecule has 6 heteroatoms. The van der Waals surface area contributed by atoms with Gasteiger partial charge in [-0.2, -0.15) is 0 Å². The average molecular weight is 327 g/mol. The monoisotopic (exact) mass is 327 g/mol. The van der Waals surface area contributed by atoms with Crippen LogP contribution in [-0.4, -0.2) is 31.0 Å². The van der Waals surface area contributed by atoms with Crippen molar-refractivity contribution < 1.29 is 0 Å². The Morgan fingerprint density at radius 1 is 1.29 bits per heavy atom. The standard InChI is InChI=1S/C18H25N5O/c1-22-9-14(19-12-22)10-23-8-7-16-15(11-23)18(24)21-17(20-16)13-5-3-2-4-6-13/h9,12-13H,2-8,10-11H2,1H3,(H,20,21,24). The molecule has 0 saturated heterocycles. The largest absolute Gasteiger partial charge is 0.340 e. The zero-order valence-electron chi connectivity index (χ0n) is 14.3. The molecule has 128 valence electrons. The number of aromatic amines is 1. The number of aromatic nitrogens is 4. The first-order chi connectivity index (χ1) is 11.7. The third-order valence-corrected chi connectivity index (χ3v) is 5.30. The summed E-state index contributed by atoms with van der Waals surface area (Å²) in [4.78, 5) is 27.2. The lowest BCUT2D eigenvalue weighted by Crippen LogP contribution is -2.36. The Balaban J connectivity index is 1.52. The molecule has 1 fully saturated rings. The molecule has 1 saturated carbocycles.